The molecule has 2 fully saturated rings. The number of rotatable bonds is 4. The molecule has 4 heteroatoms. The van der Waals surface area contributed by atoms with Gasteiger partial charge in [-0.05, 0) is 44.6 Å². The van der Waals surface area contributed by atoms with E-state index in [2.05, 4.69) is 17.6 Å². The Hall–Kier alpha value is -0.280. The van der Waals surface area contributed by atoms with Gasteiger partial charge in [0.2, 0.25) is 5.91 Å². The minimum Gasteiger partial charge on any atom is -0.353 e. The van der Waals surface area contributed by atoms with Crippen molar-refractivity contribution in [2.45, 2.75) is 57.5 Å². The average Bonchev–Trinajstić information content (AvgIpc) is 2.65. The zero-order chi connectivity index (χ0) is 10.7. The van der Waals surface area contributed by atoms with Gasteiger partial charge < -0.3 is 10.6 Å². The normalized spacial score (nSPS) is 32.7. The largest absolute Gasteiger partial charge is 0.353 e. The third kappa shape index (κ3) is 3.95. The minimum absolute atomic E-state index is 0. The number of nitrogens with one attached hydrogen (secondary N) is 2. The van der Waals surface area contributed by atoms with Crippen molar-refractivity contribution in [3.05, 3.63) is 0 Å². The van der Waals surface area contributed by atoms with Crippen LogP contribution in [-0.4, -0.2) is 24.5 Å². The van der Waals surface area contributed by atoms with Crippen LogP contribution in [0.15, 0.2) is 0 Å². The summed E-state index contributed by atoms with van der Waals surface area (Å²) in [5.41, 5.74) is 0. The fourth-order valence-corrected chi connectivity index (χ4v) is 2.63. The van der Waals surface area contributed by atoms with Gasteiger partial charge in [-0.25, -0.2) is 0 Å². The Kier molecular flexibility index (Phi) is 5.56. The Labute approximate surface area is 104 Å². The molecule has 0 aromatic carbocycles. The van der Waals surface area contributed by atoms with Crippen molar-refractivity contribution < 1.29 is 4.79 Å². The first kappa shape index (κ1) is 13.8. The molecule has 0 aromatic rings. The predicted molar refractivity (Wildman–Crippen MR) is 67.8 cm³/mol. The maximum absolute atomic E-state index is 11.6. The smallest absolute Gasteiger partial charge is 0.220 e. The van der Waals surface area contributed by atoms with Gasteiger partial charge in [-0.3, -0.25) is 4.79 Å². The number of carbonyl (C=O) groups is 1. The first-order valence-corrected chi connectivity index (χ1v) is 6.27. The standard InChI is InChI=1S/C12H22N2O.ClH/c1-9-7-11(8-9)14-12(15)5-4-10-3-2-6-13-10;/h9-11,13H,2-8H2,1H3,(H,14,15);1H. The fourth-order valence-electron chi connectivity index (χ4n) is 2.63. The summed E-state index contributed by atoms with van der Waals surface area (Å²) in [5, 5.41) is 6.52. The molecule has 1 heterocycles. The molecule has 0 aromatic heterocycles. The van der Waals surface area contributed by atoms with E-state index in [1.54, 1.807) is 0 Å². The molecule has 1 aliphatic carbocycles. The fraction of sp³-hybridized carbons (Fsp3) is 0.917. The zero-order valence-corrected chi connectivity index (χ0v) is 10.8. The lowest BCUT2D eigenvalue weighted by molar-refractivity contribution is -0.122. The van der Waals surface area contributed by atoms with Gasteiger partial charge in [-0.1, -0.05) is 6.92 Å². The van der Waals surface area contributed by atoms with Gasteiger partial charge in [0.05, 0.1) is 0 Å². The molecule has 1 saturated carbocycles. The second-order valence-electron chi connectivity index (χ2n) is 5.17. The number of halogens is 1. The number of amides is 1. The zero-order valence-electron chi connectivity index (χ0n) is 10.00. The Balaban J connectivity index is 0.00000128. The lowest BCUT2D eigenvalue weighted by Gasteiger charge is -2.33. The molecule has 1 aliphatic heterocycles. The Morgan fingerprint density at radius 1 is 1.44 bits per heavy atom. The SMILES string of the molecule is CC1CC(NC(=O)CCC2CCCN2)C1.Cl. The summed E-state index contributed by atoms with van der Waals surface area (Å²) < 4.78 is 0. The molecule has 2 rings (SSSR count). The third-order valence-corrected chi connectivity index (χ3v) is 3.62. The number of hydrogen-bond acceptors (Lipinski definition) is 2. The second kappa shape index (κ2) is 6.45. The van der Waals surface area contributed by atoms with Crippen molar-refractivity contribution in [1.29, 1.82) is 0 Å². The molecule has 0 radical (unpaired) electrons. The van der Waals surface area contributed by atoms with E-state index in [1.807, 2.05) is 0 Å². The Bertz CT molecular complexity index is 223. The quantitative estimate of drug-likeness (QED) is 0.795. The van der Waals surface area contributed by atoms with Crippen LogP contribution in [0.1, 0.15) is 45.4 Å². The molecule has 94 valence electrons. The van der Waals surface area contributed by atoms with Crippen molar-refractivity contribution in [2.75, 3.05) is 6.54 Å². The molecule has 2 N–H and O–H groups in total. The van der Waals surface area contributed by atoms with Crippen molar-refractivity contribution in [1.82, 2.24) is 10.6 Å². The summed E-state index contributed by atoms with van der Waals surface area (Å²) in [6, 6.07) is 1.07. The lowest BCUT2D eigenvalue weighted by Crippen LogP contribution is -2.43. The summed E-state index contributed by atoms with van der Waals surface area (Å²) >= 11 is 0. The van der Waals surface area contributed by atoms with Crippen molar-refractivity contribution in [3.63, 3.8) is 0 Å². The summed E-state index contributed by atoms with van der Waals surface area (Å²) in [7, 11) is 0. The molecule has 0 bridgehead atoms. The van der Waals surface area contributed by atoms with Crippen molar-refractivity contribution in [3.8, 4) is 0 Å². The predicted octanol–water partition coefficient (Wildman–Crippen LogP) is 1.86. The molecule has 1 saturated heterocycles. The topological polar surface area (TPSA) is 41.1 Å². The Morgan fingerprint density at radius 2 is 2.19 bits per heavy atom. The van der Waals surface area contributed by atoms with Crippen LogP contribution in [0.3, 0.4) is 0 Å². The molecule has 0 spiro atoms. The number of carbonyl (C=O) groups excluding carboxylic acids is 1. The third-order valence-electron chi connectivity index (χ3n) is 3.62. The molecule has 1 amide bonds. The highest BCUT2D eigenvalue weighted by Crippen LogP contribution is 2.26. The van der Waals surface area contributed by atoms with Crippen LogP contribution in [0, 0.1) is 5.92 Å². The Morgan fingerprint density at radius 3 is 2.75 bits per heavy atom. The van der Waals surface area contributed by atoms with Crippen LogP contribution < -0.4 is 10.6 Å². The maximum Gasteiger partial charge on any atom is 0.220 e. The van der Waals surface area contributed by atoms with E-state index in [9.17, 15) is 4.79 Å². The van der Waals surface area contributed by atoms with Gasteiger partial charge in [0.1, 0.15) is 0 Å². The van der Waals surface area contributed by atoms with Gasteiger partial charge in [-0.15, -0.1) is 12.4 Å². The summed E-state index contributed by atoms with van der Waals surface area (Å²) in [6.45, 7) is 3.37. The lowest BCUT2D eigenvalue weighted by atomic mass is 9.82. The highest BCUT2D eigenvalue weighted by Gasteiger charge is 2.26. The summed E-state index contributed by atoms with van der Waals surface area (Å²) in [5.74, 6) is 1.06. The van der Waals surface area contributed by atoms with Crippen LogP contribution in [0.2, 0.25) is 0 Å². The number of hydrogen-bond donors (Lipinski definition) is 2. The summed E-state index contributed by atoms with van der Waals surface area (Å²) in [6.07, 6.45) is 6.57. The summed E-state index contributed by atoms with van der Waals surface area (Å²) in [4.78, 5) is 11.6. The van der Waals surface area contributed by atoms with Crippen molar-refractivity contribution >= 4 is 18.3 Å². The van der Waals surface area contributed by atoms with Crippen LogP contribution in [0.4, 0.5) is 0 Å². The first-order chi connectivity index (χ1) is 7.24. The highest BCUT2D eigenvalue weighted by molar-refractivity contribution is 5.85. The van der Waals surface area contributed by atoms with Crippen molar-refractivity contribution in [2.24, 2.45) is 5.92 Å². The van der Waals surface area contributed by atoms with Gasteiger partial charge in [0.15, 0.2) is 0 Å². The molecule has 16 heavy (non-hydrogen) atoms. The van der Waals surface area contributed by atoms with Crippen LogP contribution in [-0.2, 0) is 4.79 Å². The maximum atomic E-state index is 11.6. The van der Waals surface area contributed by atoms with Crippen LogP contribution >= 0.6 is 12.4 Å². The van der Waals surface area contributed by atoms with E-state index in [-0.39, 0.29) is 18.3 Å². The van der Waals surface area contributed by atoms with Crippen LogP contribution in [0.5, 0.6) is 0 Å². The minimum atomic E-state index is 0. The first-order valence-electron chi connectivity index (χ1n) is 6.27. The van der Waals surface area contributed by atoms with Gasteiger partial charge in [0.25, 0.3) is 0 Å². The molecule has 1 atom stereocenters. The van der Waals surface area contributed by atoms with E-state index in [0.29, 0.717) is 18.5 Å². The van der Waals surface area contributed by atoms with Crippen LogP contribution in [0.25, 0.3) is 0 Å². The average molecular weight is 247 g/mol. The monoisotopic (exact) mass is 246 g/mol. The highest BCUT2D eigenvalue weighted by atomic mass is 35.5. The molecular formula is C12H23ClN2O. The molecule has 3 nitrogen and oxygen atoms in total. The van der Waals surface area contributed by atoms with E-state index >= 15 is 0 Å². The molecule has 2 aliphatic rings. The molecule has 1 unspecified atom stereocenters. The van der Waals surface area contributed by atoms with Gasteiger partial charge in [-0.2, -0.15) is 0 Å². The molecular weight excluding hydrogens is 224 g/mol. The van der Waals surface area contributed by atoms with E-state index in [4.69, 9.17) is 0 Å². The van der Waals surface area contributed by atoms with E-state index in [0.717, 1.165) is 18.9 Å². The van der Waals surface area contributed by atoms with Gasteiger partial charge in [0, 0.05) is 18.5 Å². The van der Waals surface area contributed by atoms with E-state index < -0.39 is 0 Å². The van der Waals surface area contributed by atoms with Gasteiger partial charge >= 0.3 is 0 Å². The second-order valence-corrected chi connectivity index (χ2v) is 5.17. The van der Waals surface area contributed by atoms with E-state index in [1.165, 1.54) is 25.7 Å².